The molecule has 8 heteroatoms. The van der Waals surface area contributed by atoms with Gasteiger partial charge < -0.3 is 15.0 Å². The highest BCUT2D eigenvalue weighted by Gasteiger charge is 2.47. The third-order valence-corrected chi connectivity index (χ3v) is 7.76. The average Bonchev–Trinajstić information content (AvgIpc) is 3.57. The van der Waals surface area contributed by atoms with E-state index < -0.39 is 0 Å². The fourth-order valence-corrected chi connectivity index (χ4v) is 5.43. The number of hydrogen-bond donors (Lipinski definition) is 1. The lowest BCUT2D eigenvalue weighted by atomic mass is 9.99. The number of halogens is 2. The third-order valence-electron chi connectivity index (χ3n) is 7.47. The molecule has 5 rings (SSSR count). The molecular formula is C29H32ClFN4O2. The van der Waals surface area contributed by atoms with Crippen LogP contribution in [0.4, 0.5) is 4.39 Å². The number of ether oxygens (including phenoxy) is 1. The molecule has 1 aliphatic carbocycles. The molecule has 37 heavy (non-hydrogen) atoms. The fourth-order valence-electron chi connectivity index (χ4n) is 5.15. The van der Waals surface area contributed by atoms with Crippen molar-refractivity contribution in [1.82, 2.24) is 10.2 Å². The topological polar surface area (TPSA) is 66.3 Å². The van der Waals surface area contributed by atoms with Crippen LogP contribution in [0.1, 0.15) is 37.3 Å². The van der Waals surface area contributed by atoms with Crippen LogP contribution in [0.15, 0.2) is 64.1 Å². The Morgan fingerprint density at radius 2 is 1.92 bits per heavy atom. The summed E-state index contributed by atoms with van der Waals surface area (Å²) < 4.78 is 18.5. The van der Waals surface area contributed by atoms with E-state index in [1.165, 1.54) is 18.6 Å². The second-order valence-electron chi connectivity index (χ2n) is 10.0. The Hall–Kier alpha value is -3.19. The van der Waals surface area contributed by atoms with Gasteiger partial charge in [-0.3, -0.25) is 9.79 Å². The number of fused-ring (bicyclic) bond motifs is 1. The Balaban J connectivity index is 1.42. The van der Waals surface area contributed by atoms with E-state index in [9.17, 15) is 9.18 Å². The van der Waals surface area contributed by atoms with Crippen molar-refractivity contribution in [2.45, 2.75) is 39.3 Å². The highest BCUT2D eigenvalue weighted by atomic mass is 35.5. The van der Waals surface area contributed by atoms with E-state index in [2.05, 4.69) is 17.1 Å². The van der Waals surface area contributed by atoms with Crippen molar-refractivity contribution in [3.8, 4) is 5.75 Å². The predicted octanol–water partition coefficient (Wildman–Crippen LogP) is 5.41. The number of allylic oxidation sites excluding steroid dienone is 1. The van der Waals surface area contributed by atoms with E-state index in [0.29, 0.717) is 35.3 Å². The number of methoxy groups -OCH3 is 1. The molecule has 2 aromatic rings. The van der Waals surface area contributed by atoms with Gasteiger partial charge in [0.05, 0.1) is 24.3 Å². The number of carbonyl (C=O) groups excluding carboxylic acids is 1. The Labute approximate surface area is 222 Å². The number of likely N-dealkylation sites (tertiary alicyclic amines) is 1. The number of aliphatic imine (C=N–C) groups is 2. The lowest BCUT2D eigenvalue weighted by Gasteiger charge is -2.27. The molecule has 0 bridgehead atoms. The van der Waals surface area contributed by atoms with Crippen LogP contribution < -0.4 is 10.1 Å². The van der Waals surface area contributed by atoms with Crippen molar-refractivity contribution in [2.75, 3.05) is 20.2 Å². The molecule has 1 saturated carbocycles. The highest BCUT2D eigenvalue weighted by molar-refractivity contribution is 6.32. The number of amides is 1. The summed E-state index contributed by atoms with van der Waals surface area (Å²) >= 11 is 6.32. The maximum absolute atomic E-state index is 13.4. The number of benzene rings is 2. The van der Waals surface area contributed by atoms with Gasteiger partial charge in [0.1, 0.15) is 17.4 Å². The van der Waals surface area contributed by atoms with Crippen LogP contribution >= 0.6 is 11.6 Å². The maximum atomic E-state index is 13.4. The molecule has 2 heterocycles. The van der Waals surface area contributed by atoms with Crippen LogP contribution in [0.5, 0.6) is 5.75 Å². The van der Waals surface area contributed by atoms with E-state index in [-0.39, 0.29) is 17.6 Å². The Morgan fingerprint density at radius 1 is 1.19 bits per heavy atom. The summed E-state index contributed by atoms with van der Waals surface area (Å²) in [5.74, 6) is 3.33. The monoisotopic (exact) mass is 522 g/mol. The van der Waals surface area contributed by atoms with Crippen LogP contribution in [0.3, 0.4) is 0 Å². The van der Waals surface area contributed by atoms with Crippen molar-refractivity contribution in [2.24, 2.45) is 27.7 Å². The summed E-state index contributed by atoms with van der Waals surface area (Å²) in [5, 5.41) is 3.48. The minimum absolute atomic E-state index is 0.236. The minimum atomic E-state index is -0.304. The molecule has 2 aliphatic heterocycles. The first-order valence-electron chi connectivity index (χ1n) is 12.9. The van der Waals surface area contributed by atoms with Gasteiger partial charge >= 0.3 is 0 Å². The number of rotatable bonds is 7. The van der Waals surface area contributed by atoms with Gasteiger partial charge in [0.2, 0.25) is 0 Å². The molecule has 3 unspecified atom stereocenters. The first kappa shape index (κ1) is 25.5. The number of nitrogens with one attached hydrogen (secondary N) is 1. The first-order chi connectivity index (χ1) is 17.9. The normalized spacial score (nSPS) is 23.7. The molecule has 1 saturated heterocycles. The highest BCUT2D eigenvalue weighted by Crippen LogP contribution is 2.45. The average molecular weight is 523 g/mol. The summed E-state index contributed by atoms with van der Waals surface area (Å²) in [5.41, 5.74) is 2.20. The van der Waals surface area contributed by atoms with E-state index >= 15 is 0 Å². The van der Waals surface area contributed by atoms with Gasteiger partial charge in [-0.2, -0.15) is 0 Å². The zero-order chi connectivity index (χ0) is 25.9. The Morgan fingerprint density at radius 3 is 2.59 bits per heavy atom. The number of amidine groups is 2. The standard InChI is InChI=1S/C29H32ClFN4O2/c1-3-20-7-10-24(29(36)33-14-18-4-8-23(31)9-5-18)27(34-28(20)35-16-21-13-22(21)17-35)32-15-19-6-11-26(37-2)25(30)12-19/h4-6,8-12,20-22H,3,7,13-17H2,1-2H3,(H,33,36). The SMILES string of the molecule is CCC1CC=C(C(=O)NCc2ccc(F)cc2)C(=NCc2ccc(OC)c(Cl)c2)N=C1N1CC2CC2C1. The van der Waals surface area contributed by atoms with Crippen molar-refractivity contribution in [1.29, 1.82) is 0 Å². The second-order valence-corrected chi connectivity index (χ2v) is 10.4. The van der Waals surface area contributed by atoms with Crippen molar-refractivity contribution < 1.29 is 13.9 Å². The molecule has 0 aromatic heterocycles. The molecule has 1 N–H and O–H groups in total. The van der Waals surface area contributed by atoms with Gasteiger partial charge in [-0.25, -0.2) is 9.38 Å². The summed E-state index contributed by atoms with van der Waals surface area (Å²) in [6.45, 7) is 4.86. The molecule has 0 spiro atoms. The van der Waals surface area contributed by atoms with E-state index in [1.54, 1.807) is 19.2 Å². The van der Waals surface area contributed by atoms with E-state index in [1.807, 2.05) is 24.3 Å². The summed E-state index contributed by atoms with van der Waals surface area (Å²) in [6, 6.07) is 11.7. The molecule has 2 fully saturated rings. The van der Waals surface area contributed by atoms with E-state index in [0.717, 1.165) is 54.7 Å². The quantitative estimate of drug-likeness (QED) is 0.529. The van der Waals surface area contributed by atoms with Gasteiger partial charge in [0.15, 0.2) is 5.84 Å². The van der Waals surface area contributed by atoms with Gasteiger partial charge in [0.25, 0.3) is 5.91 Å². The lowest BCUT2D eigenvalue weighted by molar-refractivity contribution is -0.117. The number of nitrogens with zero attached hydrogens (tertiary/aromatic N) is 3. The largest absolute Gasteiger partial charge is 0.495 e. The van der Waals surface area contributed by atoms with Crippen molar-refractivity contribution in [3.05, 3.63) is 76.1 Å². The number of hydrogen-bond acceptors (Lipinski definition) is 4. The minimum Gasteiger partial charge on any atom is -0.495 e. The van der Waals surface area contributed by atoms with Gasteiger partial charge in [-0.15, -0.1) is 0 Å². The molecule has 0 radical (unpaired) electrons. The third kappa shape index (κ3) is 5.87. The molecule has 2 aromatic carbocycles. The van der Waals surface area contributed by atoms with Crippen molar-refractivity contribution in [3.63, 3.8) is 0 Å². The van der Waals surface area contributed by atoms with Crippen LogP contribution in [0.2, 0.25) is 5.02 Å². The van der Waals surface area contributed by atoms with Gasteiger partial charge in [0, 0.05) is 25.6 Å². The van der Waals surface area contributed by atoms with Crippen molar-refractivity contribution >= 4 is 29.2 Å². The number of piperidine rings is 1. The molecule has 6 nitrogen and oxygen atoms in total. The van der Waals surface area contributed by atoms with Crippen LogP contribution in [-0.4, -0.2) is 42.7 Å². The summed E-state index contributed by atoms with van der Waals surface area (Å²) in [7, 11) is 1.58. The smallest absolute Gasteiger partial charge is 0.255 e. The second kappa shape index (κ2) is 11.1. The molecule has 3 atom stereocenters. The summed E-state index contributed by atoms with van der Waals surface area (Å²) in [4.78, 5) is 25.7. The van der Waals surface area contributed by atoms with Gasteiger partial charge in [-0.1, -0.05) is 42.8 Å². The number of carbonyl (C=O) groups is 1. The van der Waals surface area contributed by atoms with E-state index in [4.69, 9.17) is 26.3 Å². The first-order valence-corrected chi connectivity index (χ1v) is 13.3. The Kier molecular flexibility index (Phi) is 7.60. The van der Waals surface area contributed by atoms with Crippen LogP contribution in [0.25, 0.3) is 0 Å². The predicted molar refractivity (Wildman–Crippen MR) is 144 cm³/mol. The zero-order valence-electron chi connectivity index (χ0n) is 21.2. The molecule has 1 amide bonds. The van der Waals surface area contributed by atoms with Gasteiger partial charge in [-0.05, 0) is 66.5 Å². The summed E-state index contributed by atoms with van der Waals surface area (Å²) in [6.07, 6.45) is 4.96. The molecule has 194 valence electrons. The maximum Gasteiger partial charge on any atom is 0.255 e. The van der Waals surface area contributed by atoms with Crippen LogP contribution in [0, 0.1) is 23.6 Å². The molecule has 3 aliphatic rings. The zero-order valence-corrected chi connectivity index (χ0v) is 22.0. The fraction of sp³-hybridized carbons (Fsp3) is 0.414. The molecular weight excluding hydrogens is 491 g/mol. The Bertz CT molecular complexity index is 1250. The lowest BCUT2D eigenvalue weighted by Crippen LogP contribution is -2.36. The van der Waals surface area contributed by atoms with Crippen LogP contribution in [-0.2, 0) is 17.9 Å².